The van der Waals surface area contributed by atoms with E-state index in [4.69, 9.17) is 9.15 Å². The second-order valence-electron chi connectivity index (χ2n) is 6.63. The second kappa shape index (κ2) is 8.00. The van der Waals surface area contributed by atoms with Crippen LogP contribution in [0.15, 0.2) is 39.5 Å². The van der Waals surface area contributed by atoms with Crippen LogP contribution in [0.2, 0.25) is 0 Å². The lowest BCUT2D eigenvalue weighted by Crippen LogP contribution is -2.35. The summed E-state index contributed by atoms with van der Waals surface area (Å²) in [6, 6.07) is 10.5. The van der Waals surface area contributed by atoms with Gasteiger partial charge < -0.3 is 19.4 Å². The number of anilines is 1. The lowest BCUT2D eigenvalue weighted by Gasteiger charge is -2.25. The molecule has 0 radical (unpaired) electrons. The Morgan fingerprint density at radius 3 is 2.93 bits per heavy atom. The summed E-state index contributed by atoms with van der Waals surface area (Å²) in [5.41, 5.74) is 0.667. The summed E-state index contributed by atoms with van der Waals surface area (Å²) < 4.78 is 10.3. The number of benzene rings is 1. The normalized spacial score (nSPS) is 12.9. The van der Waals surface area contributed by atoms with Crippen molar-refractivity contribution in [3.05, 3.63) is 62.3 Å². The third-order valence-electron chi connectivity index (χ3n) is 4.81. The Hall–Kier alpha value is -3.64. The van der Waals surface area contributed by atoms with Crippen LogP contribution in [0.1, 0.15) is 33.3 Å². The first kappa shape index (κ1) is 19.7. The Morgan fingerprint density at radius 1 is 1.37 bits per heavy atom. The van der Waals surface area contributed by atoms with Gasteiger partial charge in [0.2, 0.25) is 0 Å². The molecule has 1 aliphatic heterocycles. The minimum atomic E-state index is -0.750. The van der Waals surface area contributed by atoms with Crippen molar-refractivity contribution >= 4 is 39.3 Å². The molecule has 0 saturated heterocycles. The number of amides is 2. The largest absolute Gasteiger partial charge is 0.450 e. The number of hydrogen-bond donors (Lipinski definition) is 1. The molecule has 0 fully saturated rings. The van der Waals surface area contributed by atoms with Crippen LogP contribution in [-0.2, 0) is 17.7 Å². The number of fused-ring (bicyclic) bond motifs is 2. The molecule has 4 rings (SSSR count). The van der Waals surface area contributed by atoms with E-state index in [9.17, 15) is 19.6 Å². The molecule has 0 aliphatic carbocycles. The number of carbonyl (C=O) groups is 2. The van der Waals surface area contributed by atoms with Crippen LogP contribution in [-0.4, -0.2) is 30.1 Å². The maximum atomic E-state index is 12.8. The standard InChI is InChI=1S/C21H17N3O5S/c1-2-28-21(27)24-8-7-13-15(10-22)19(30-17(13)11-24)23-18(25)14-9-12-5-3-4-6-16(12)29-20(14)26/h3-6,9H,2,7-8,11H2,1H3,(H,23,25). The van der Waals surface area contributed by atoms with E-state index in [2.05, 4.69) is 11.4 Å². The predicted octanol–water partition coefficient (Wildman–Crippen LogP) is 3.49. The van der Waals surface area contributed by atoms with E-state index < -0.39 is 17.6 Å². The topological polar surface area (TPSA) is 113 Å². The summed E-state index contributed by atoms with van der Waals surface area (Å²) in [6.07, 6.45) is 0.0797. The lowest BCUT2D eigenvalue weighted by atomic mass is 10.0. The molecular weight excluding hydrogens is 406 g/mol. The SMILES string of the molecule is CCOC(=O)N1CCc2c(sc(NC(=O)c3cc4ccccc4oc3=O)c2C#N)C1. The fourth-order valence-electron chi connectivity index (χ4n) is 3.37. The molecule has 152 valence electrons. The van der Waals surface area contributed by atoms with Crippen molar-refractivity contribution < 1.29 is 18.7 Å². The van der Waals surface area contributed by atoms with Gasteiger partial charge in [0.05, 0.1) is 18.7 Å². The van der Waals surface area contributed by atoms with Crippen LogP contribution < -0.4 is 10.9 Å². The smallest absolute Gasteiger partial charge is 0.410 e. The second-order valence-corrected chi connectivity index (χ2v) is 7.73. The Kier molecular flexibility index (Phi) is 5.25. The van der Waals surface area contributed by atoms with Gasteiger partial charge in [-0.25, -0.2) is 9.59 Å². The number of hydrogen-bond acceptors (Lipinski definition) is 7. The first-order chi connectivity index (χ1) is 14.5. The monoisotopic (exact) mass is 423 g/mol. The van der Waals surface area contributed by atoms with Crippen LogP contribution in [0.3, 0.4) is 0 Å². The van der Waals surface area contributed by atoms with Gasteiger partial charge in [0.15, 0.2) is 0 Å². The molecule has 8 nitrogen and oxygen atoms in total. The van der Waals surface area contributed by atoms with E-state index in [1.54, 1.807) is 36.1 Å². The average molecular weight is 423 g/mol. The Labute approximate surface area is 175 Å². The summed E-state index contributed by atoms with van der Waals surface area (Å²) in [5.74, 6) is -0.646. The van der Waals surface area contributed by atoms with Crippen LogP contribution in [0.4, 0.5) is 9.80 Å². The molecule has 0 atom stereocenters. The highest BCUT2D eigenvalue weighted by Gasteiger charge is 2.28. The summed E-state index contributed by atoms with van der Waals surface area (Å²) >= 11 is 1.22. The zero-order valence-electron chi connectivity index (χ0n) is 16.1. The van der Waals surface area contributed by atoms with Gasteiger partial charge in [-0.2, -0.15) is 5.26 Å². The van der Waals surface area contributed by atoms with Gasteiger partial charge in [0.1, 0.15) is 22.2 Å². The van der Waals surface area contributed by atoms with Crippen LogP contribution in [0.5, 0.6) is 0 Å². The van der Waals surface area contributed by atoms with Crippen molar-refractivity contribution in [1.82, 2.24) is 4.90 Å². The molecule has 30 heavy (non-hydrogen) atoms. The molecule has 9 heteroatoms. The molecule has 0 spiro atoms. The highest BCUT2D eigenvalue weighted by atomic mass is 32.1. The van der Waals surface area contributed by atoms with Gasteiger partial charge in [-0.15, -0.1) is 11.3 Å². The van der Waals surface area contributed by atoms with Gasteiger partial charge in [0.25, 0.3) is 5.91 Å². The first-order valence-electron chi connectivity index (χ1n) is 9.32. The number of ether oxygens (including phenoxy) is 1. The molecule has 3 heterocycles. The summed E-state index contributed by atoms with van der Waals surface area (Å²) in [4.78, 5) is 39.4. The summed E-state index contributed by atoms with van der Waals surface area (Å²) in [7, 11) is 0. The summed E-state index contributed by atoms with van der Waals surface area (Å²) in [5, 5.41) is 13.3. The fourth-order valence-corrected chi connectivity index (χ4v) is 4.58. The maximum Gasteiger partial charge on any atom is 0.410 e. The van der Waals surface area contributed by atoms with Crippen molar-refractivity contribution in [2.45, 2.75) is 19.9 Å². The zero-order valence-corrected chi connectivity index (χ0v) is 16.9. The van der Waals surface area contributed by atoms with E-state index >= 15 is 0 Å². The molecule has 1 N–H and O–H groups in total. The lowest BCUT2D eigenvalue weighted by molar-refractivity contribution is 0.102. The van der Waals surface area contributed by atoms with E-state index in [0.29, 0.717) is 41.0 Å². The van der Waals surface area contributed by atoms with Gasteiger partial charge in [-0.3, -0.25) is 4.79 Å². The molecule has 2 aromatic heterocycles. The average Bonchev–Trinajstić information content (AvgIpc) is 3.09. The number of nitrogens with zero attached hydrogens (tertiary/aromatic N) is 2. The minimum Gasteiger partial charge on any atom is -0.450 e. The fraction of sp³-hybridized carbons (Fsp3) is 0.238. The minimum absolute atomic E-state index is 0.142. The number of rotatable bonds is 3. The van der Waals surface area contributed by atoms with Crippen LogP contribution in [0.25, 0.3) is 11.0 Å². The molecule has 0 unspecified atom stereocenters. The molecule has 3 aromatic rings. The van der Waals surface area contributed by atoms with Gasteiger partial charge in [-0.1, -0.05) is 18.2 Å². The van der Waals surface area contributed by atoms with E-state index in [1.165, 1.54) is 17.4 Å². The van der Waals surface area contributed by atoms with Gasteiger partial charge in [0, 0.05) is 16.8 Å². The number of thiophene rings is 1. The number of carbonyl (C=O) groups excluding carboxylic acids is 2. The molecule has 0 bridgehead atoms. The zero-order chi connectivity index (χ0) is 21.3. The Morgan fingerprint density at radius 2 is 2.17 bits per heavy atom. The molecule has 1 aliphatic rings. The summed E-state index contributed by atoms with van der Waals surface area (Å²) in [6.45, 7) is 2.76. The highest BCUT2D eigenvalue weighted by molar-refractivity contribution is 7.16. The van der Waals surface area contributed by atoms with Crippen molar-refractivity contribution in [1.29, 1.82) is 5.26 Å². The van der Waals surface area contributed by atoms with E-state index in [-0.39, 0.29) is 12.2 Å². The highest BCUT2D eigenvalue weighted by Crippen LogP contribution is 2.37. The van der Waals surface area contributed by atoms with Crippen molar-refractivity contribution in [2.24, 2.45) is 0 Å². The van der Waals surface area contributed by atoms with Crippen LogP contribution >= 0.6 is 11.3 Å². The third kappa shape index (κ3) is 3.53. The number of nitrogens with one attached hydrogen (secondary N) is 1. The maximum absolute atomic E-state index is 12.8. The molecule has 0 saturated carbocycles. The van der Waals surface area contributed by atoms with Crippen LogP contribution in [0, 0.1) is 11.3 Å². The predicted molar refractivity (Wildman–Crippen MR) is 111 cm³/mol. The molecular formula is C21H17N3O5S. The van der Waals surface area contributed by atoms with E-state index in [0.717, 1.165) is 10.4 Å². The quantitative estimate of drug-likeness (QED) is 0.645. The van der Waals surface area contributed by atoms with Gasteiger partial charge >= 0.3 is 11.7 Å². The van der Waals surface area contributed by atoms with E-state index in [1.807, 2.05) is 0 Å². The van der Waals surface area contributed by atoms with Crippen molar-refractivity contribution in [3.63, 3.8) is 0 Å². The van der Waals surface area contributed by atoms with Crippen molar-refractivity contribution in [3.8, 4) is 6.07 Å². The van der Waals surface area contributed by atoms with Gasteiger partial charge in [-0.05, 0) is 31.0 Å². The third-order valence-corrected chi connectivity index (χ3v) is 5.94. The molecule has 2 amide bonds. The Balaban J connectivity index is 1.62. The molecule has 1 aromatic carbocycles. The number of nitriles is 1. The Bertz CT molecular complexity index is 1250. The van der Waals surface area contributed by atoms with Crippen molar-refractivity contribution in [2.75, 3.05) is 18.5 Å². The first-order valence-corrected chi connectivity index (χ1v) is 10.1. The number of para-hydroxylation sites is 1.